The largest absolute Gasteiger partial charge is 0.458 e. The zero-order valence-electron chi connectivity index (χ0n) is 15.4. The van der Waals surface area contributed by atoms with Crippen molar-refractivity contribution in [3.8, 4) is 0 Å². The fourth-order valence-electron chi connectivity index (χ4n) is 6.08. The minimum atomic E-state index is -0.142. The number of hydrogen-bond donors (Lipinski definition) is 1. The van der Waals surface area contributed by atoms with Gasteiger partial charge in [-0.1, -0.05) is 25.1 Å². The van der Waals surface area contributed by atoms with Gasteiger partial charge in [0.05, 0.1) is 0 Å². The van der Waals surface area contributed by atoms with Gasteiger partial charge in [-0.2, -0.15) is 0 Å². The Hall–Kier alpha value is -1.51. The van der Waals surface area contributed by atoms with Crippen LogP contribution in [0.4, 0.5) is 5.69 Å². The van der Waals surface area contributed by atoms with Gasteiger partial charge >= 0.3 is 5.97 Å². The lowest BCUT2D eigenvalue weighted by Gasteiger charge is -2.60. The van der Waals surface area contributed by atoms with Crippen LogP contribution in [-0.2, 0) is 9.53 Å². The molecule has 0 spiro atoms. The van der Waals surface area contributed by atoms with Crippen molar-refractivity contribution in [2.75, 3.05) is 11.9 Å². The van der Waals surface area contributed by atoms with E-state index in [1.54, 1.807) is 0 Å². The Labute approximate surface area is 151 Å². The fourth-order valence-corrected chi connectivity index (χ4v) is 6.08. The first-order valence-electron chi connectivity index (χ1n) is 10.2. The van der Waals surface area contributed by atoms with Crippen LogP contribution in [0.25, 0.3) is 0 Å². The van der Waals surface area contributed by atoms with Gasteiger partial charge < -0.3 is 10.1 Å². The highest BCUT2D eigenvalue weighted by molar-refractivity contribution is 5.70. The number of rotatable bonds is 7. The maximum atomic E-state index is 12.6. The summed E-state index contributed by atoms with van der Waals surface area (Å²) >= 11 is 0. The predicted octanol–water partition coefficient (Wildman–Crippen LogP) is 5.03. The maximum Gasteiger partial charge on any atom is 0.306 e. The van der Waals surface area contributed by atoms with E-state index in [1.165, 1.54) is 32.1 Å². The first kappa shape index (κ1) is 16.9. The summed E-state index contributed by atoms with van der Waals surface area (Å²) in [5.74, 6) is 3.09. The third kappa shape index (κ3) is 3.30. The Kier molecular flexibility index (Phi) is 4.75. The molecule has 0 aliphatic heterocycles. The Morgan fingerprint density at radius 3 is 2.32 bits per heavy atom. The quantitative estimate of drug-likeness (QED) is 0.558. The van der Waals surface area contributed by atoms with Crippen LogP contribution >= 0.6 is 0 Å². The second-order valence-electron chi connectivity index (χ2n) is 8.48. The third-order valence-electron chi connectivity index (χ3n) is 7.04. The van der Waals surface area contributed by atoms with Gasteiger partial charge in [0, 0.05) is 18.7 Å². The highest BCUT2D eigenvalue weighted by Crippen LogP contribution is 2.60. The minimum Gasteiger partial charge on any atom is -0.458 e. The number of anilines is 1. The van der Waals surface area contributed by atoms with Crippen molar-refractivity contribution in [3.63, 3.8) is 0 Å². The van der Waals surface area contributed by atoms with Crippen LogP contribution in [0.3, 0.4) is 0 Å². The molecule has 0 unspecified atom stereocenters. The van der Waals surface area contributed by atoms with Crippen molar-refractivity contribution in [1.82, 2.24) is 0 Å². The van der Waals surface area contributed by atoms with E-state index < -0.39 is 0 Å². The lowest BCUT2D eigenvalue weighted by atomic mass is 9.49. The van der Waals surface area contributed by atoms with Crippen LogP contribution in [0, 0.1) is 23.7 Å². The van der Waals surface area contributed by atoms with Crippen molar-refractivity contribution in [2.24, 2.45) is 23.7 Å². The molecule has 4 saturated carbocycles. The molecule has 4 fully saturated rings. The number of carbonyl (C=O) groups excluding carboxylic acids is 1. The summed E-state index contributed by atoms with van der Waals surface area (Å²) < 4.78 is 6.25. The van der Waals surface area contributed by atoms with Crippen LogP contribution in [0.1, 0.15) is 58.3 Å². The van der Waals surface area contributed by atoms with Crippen LogP contribution in [-0.4, -0.2) is 18.1 Å². The Morgan fingerprint density at radius 1 is 1.08 bits per heavy atom. The van der Waals surface area contributed by atoms with Gasteiger partial charge in [0.1, 0.15) is 5.60 Å². The molecule has 1 aromatic carbocycles. The predicted molar refractivity (Wildman–Crippen MR) is 100 cm³/mol. The zero-order chi connectivity index (χ0) is 17.3. The summed E-state index contributed by atoms with van der Waals surface area (Å²) in [5.41, 5.74) is 0.971. The summed E-state index contributed by atoms with van der Waals surface area (Å²) in [6.07, 6.45) is 8.96. The second kappa shape index (κ2) is 7.01. The SMILES string of the molecule is CCC1(OC(=O)CCCNc2ccccc2)C2CC3CC(C2)CC1C3. The molecule has 25 heavy (non-hydrogen) atoms. The molecule has 0 aromatic heterocycles. The molecule has 0 radical (unpaired) electrons. The highest BCUT2D eigenvalue weighted by atomic mass is 16.6. The number of carbonyl (C=O) groups is 1. The van der Waals surface area contributed by atoms with E-state index in [0.29, 0.717) is 18.3 Å². The van der Waals surface area contributed by atoms with Gasteiger partial charge in [0.25, 0.3) is 0 Å². The molecule has 3 heteroatoms. The lowest BCUT2D eigenvalue weighted by molar-refractivity contribution is -0.210. The molecule has 136 valence electrons. The van der Waals surface area contributed by atoms with Gasteiger partial charge in [0.2, 0.25) is 0 Å². The van der Waals surface area contributed by atoms with Crippen molar-refractivity contribution in [2.45, 2.75) is 63.9 Å². The van der Waals surface area contributed by atoms with E-state index in [1.807, 2.05) is 18.2 Å². The van der Waals surface area contributed by atoms with Gasteiger partial charge in [-0.15, -0.1) is 0 Å². The molecule has 0 amide bonds. The minimum absolute atomic E-state index is 0.0178. The topological polar surface area (TPSA) is 38.3 Å². The average Bonchev–Trinajstić information content (AvgIpc) is 2.62. The zero-order valence-corrected chi connectivity index (χ0v) is 15.4. The van der Waals surface area contributed by atoms with Gasteiger partial charge in [0.15, 0.2) is 0 Å². The Bertz CT molecular complexity index is 569. The molecule has 1 aromatic rings. The molecule has 4 aliphatic rings. The van der Waals surface area contributed by atoms with E-state index in [0.717, 1.165) is 36.9 Å². The normalized spacial score (nSPS) is 35.6. The molecule has 4 bridgehead atoms. The number of hydrogen-bond acceptors (Lipinski definition) is 3. The van der Waals surface area contributed by atoms with Crippen LogP contribution in [0.15, 0.2) is 30.3 Å². The molecule has 0 atom stereocenters. The van der Waals surface area contributed by atoms with Crippen molar-refractivity contribution in [1.29, 1.82) is 0 Å². The third-order valence-corrected chi connectivity index (χ3v) is 7.04. The molecule has 5 rings (SSSR count). The summed E-state index contributed by atoms with van der Waals surface area (Å²) in [6.45, 7) is 3.04. The number of benzene rings is 1. The molecular formula is C22H31NO2. The van der Waals surface area contributed by atoms with E-state index >= 15 is 0 Å². The Balaban J connectivity index is 1.29. The van der Waals surface area contributed by atoms with Gasteiger partial charge in [-0.05, 0) is 80.8 Å². The van der Waals surface area contributed by atoms with Crippen molar-refractivity contribution in [3.05, 3.63) is 30.3 Å². The van der Waals surface area contributed by atoms with E-state index in [9.17, 15) is 4.79 Å². The fraction of sp³-hybridized carbons (Fsp3) is 0.682. The van der Waals surface area contributed by atoms with Crippen molar-refractivity contribution < 1.29 is 9.53 Å². The first-order valence-corrected chi connectivity index (χ1v) is 10.2. The second-order valence-corrected chi connectivity index (χ2v) is 8.48. The summed E-state index contributed by atoms with van der Waals surface area (Å²) in [5, 5.41) is 3.37. The first-order chi connectivity index (χ1) is 12.2. The van der Waals surface area contributed by atoms with Crippen LogP contribution in [0.2, 0.25) is 0 Å². The number of esters is 1. The lowest BCUT2D eigenvalue weighted by Crippen LogP contribution is -2.59. The van der Waals surface area contributed by atoms with Crippen molar-refractivity contribution >= 4 is 11.7 Å². The highest BCUT2D eigenvalue weighted by Gasteiger charge is 2.58. The average molecular weight is 341 g/mol. The smallest absolute Gasteiger partial charge is 0.306 e. The molecule has 3 nitrogen and oxygen atoms in total. The number of nitrogens with one attached hydrogen (secondary N) is 1. The summed E-state index contributed by atoms with van der Waals surface area (Å²) in [7, 11) is 0. The molecule has 1 N–H and O–H groups in total. The van der Waals surface area contributed by atoms with E-state index in [2.05, 4.69) is 24.4 Å². The molecular weight excluding hydrogens is 310 g/mol. The summed E-state index contributed by atoms with van der Waals surface area (Å²) in [4.78, 5) is 12.6. The maximum absolute atomic E-state index is 12.6. The molecule has 0 heterocycles. The molecule has 4 aliphatic carbocycles. The summed E-state index contributed by atoms with van der Waals surface area (Å²) in [6, 6.07) is 10.2. The monoisotopic (exact) mass is 341 g/mol. The Morgan fingerprint density at radius 2 is 1.72 bits per heavy atom. The number of para-hydroxylation sites is 1. The molecule has 0 saturated heterocycles. The van der Waals surface area contributed by atoms with Gasteiger partial charge in [-0.3, -0.25) is 4.79 Å². The van der Waals surface area contributed by atoms with E-state index in [-0.39, 0.29) is 11.6 Å². The van der Waals surface area contributed by atoms with Gasteiger partial charge in [-0.25, -0.2) is 0 Å². The van der Waals surface area contributed by atoms with Crippen LogP contribution < -0.4 is 5.32 Å². The van der Waals surface area contributed by atoms with E-state index in [4.69, 9.17) is 4.74 Å². The number of ether oxygens (including phenoxy) is 1. The standard InChI is InChI=1S/C22H31NO2/c1-2-22(18-12-16-11-17(14-18)15-19(22)13-16)25-21(24)9-6-10-23-20-7-4-3-5-8-20/h3-5,7-8,16-19,23H,2,6,9-15H2,1H3. The van der Waals surface area contributed by atoms with Crippen LogP contribution in [0.5, 0.6) is 0 Å².